The maximum atomic E-state index is 6.77. The van der Waals surface area contributed by atoms with Gasteiger partial charge in [-0.05, 0) is 93.2 Å². The minimum atomic E-state index is -0.155. The van der Waals surface area contributed by atoms with Gasteiger partial charge in [-0.25, -0.2) is 0 Å². The summed E-state index contributed by atoms with van der Waals surface area (Å²) in [7, 11) is 0. The molecule has 0 spiro atoms. The summed E-state index contributed by atoms with van der Waals surface area (Å²) < 4.78 is 13.3. The summed E-state index contributed by atoms with van der Waals surface area (Å²) in [5.74, 6) is 0. The summed E-state index contributed by atoms with van der Waals surface area (Å²) in [6, 6.07) is 63.5. The molecule has 0 atom stereocenters. The first-order chi connectivity index (χ1) is 27.5. The van der Waals surface area contributed by atoms with Crippen molar-refractivity contribution in [2.75, 3.05) is 4.90 Å². The molecule has 0 unspecified atom stereocenters. The number of para-hydroxylation sites is 1. The Balaban J connectivity index is 1.13. The predicted molar refractivity (Wildman–Crippen MR) is 234 cm³/mol. The van der Waals surface area contributed by atoms with Gasteiger partial charge < -0.3 is 13.7 Å². The second-order valence-corrected chi connectivity index (χ2v) is 15.6. The Labute approximate surface area is 323 Å². The minimum Gasteiger partial charge on any atom is -0.455 e. The number of nitrogens with zero attached hydrogens (tertiary/aromatic N) is 1. The molecule has 0 radical (unpaired) electrons. The van der Waals surface area contributed by atoms with E-state index in [1.807, 2.05) is 0 Å². The van der Waals surface area contributed by atoms with E-state index < -0.39 is 0 Å². The van der Waals surface area contributed by atoms with Gasteiger partial charge >= 0.3 is 0 Å². The molecule has 1 aliphatic rings. The zero-order valence-corrected chi connectivity index (χ0v) is 31.0. The maximum absolute atomic E-state index is 6.77. The highest BCUT2D eigenvalue weighted by Gasteiger charge is 2.36. The standard InChI is InChI=1S/C53H35NO2/c1-53(2)44-18-9-7-17-39(44)40-28-25-35(31-45(40)53)54(47-20-11-21-49-50(47)42-27-23-33-13-4-6-16-38(33)52(42)56-49)46-19-10-8-14-36(46)34-24-29-48-43(30-34)41-26-22-32-12-3-5-15-37(32)51(41)55-48/h3-31H,1-2H3. The summed E-state index contributed by atoms with van der Waals surface area (Å²) in [5.41, 5.74) is 14.2. The molecule has 0 N–H and O–H groups in total. The molecular weight excluding hydrogens is 683 g/mol. The first kappa shape index (κ1) is 31.3. The van der Waals surface area contributed by atoms with Crippen LogP contribution in [0.2, 0.25) is 0 Å². The molecule has 2 aromatic heterocycles. The van der Waals surface area contributed by atoms with Crippen molar-refractivity contribution >= 4 is 82.5 Å². The lowest BCUT2D eigenvalue weighted by Crippen LogP contribution is -2.17. The summed E-state index contributed by atoms with van der Waals surface area (Å²) in [6.07, 6.45) is 0. The minimum absolute atomic E-state index is 0.155. The first-order valence-electron chi connectivity index (χ1n) is 19.3. The molecular formula is C53H35NO2. The Kier molecular flexibility index (Phi) is 6.40. The zero-order chi connectivity index (χ0) is 37.1. The molecule has 0 fully saturated rings. The maximum Gasteiger partial charge on any atom is 0.143 e. The van der Waals surface area contributed by atoms with Crippen LogP contribution >= 0.6 is 0 Å². The van der Waals surface area contributed by atoms with E-state index in [0.717, 1.165) is 82.8 Å². The average Bonchev–Trinajstić information content (AvgIpc) is 3.89. The molecule has 0 aliphatic heterocycles. The first-order valence-corrected chi connectivity index (χ1v) is 19.3. The lowest BCUT2D eigenvalue weighted by atomic mass is 9.82. The van der Waals surface area contributed by atoms with Crippen LogP contribution in [0.1, 0.15) is 25.0 Å². The topological polar surface area (TPSA) is 29.5 Å². The Morgan fingerprint density at radius 1 is 0.411 bits per heavy atom. The Hall–Kier alpha value is -7.10. The SMILES string of the molecule is CC1(C)c2ccccc2-c2ccc(N(c3ccccc3-c3ccc4oc5c6ccccc6ccc5c4c3)c3cccc4oc5c6ccccc6ccc5c34)cc21. The molecule has 12 rings (SSSR count). The normalized spacial score (nSPS) is 13.3. The van der Waals surface area contributed by atoms with Gasteiger partial charge in [0.25, 0.3) is 0 Å². The quantitative estimate of drug-likeness (QED) is 0.182. The van der Waals surface area contributed by atoms with E-state index in [0.29, 0.717) is 0 Å². The number of rotatable bonds is 4. The van der Waals surface area contributed by atoms with E-state index in [-0.39, 0.29) is 5.41 Å². The number of hydrogen-bond acceptors (Lipinski definition) is 3. The molecule has 3 nitrogen and oxygen atoms in total. The molecule has 0 saturated carbocycles. The third kappa shape index (κ3) is 4.34. The van der Waals surface area contributed by atoms with Gasteiger partial charge in [-0.1, -0.05) is 135 Å². The lowest BCUT2D eigenvalue weighted by Gasteiger charge is -2.30. The number of anilines is 3. The van der Waals surface area contributed by atoms with Crippen LogP contribution in [0.3, 0.4) is 0 Å². The van der Waals surface area contributed by atoms with Crippen molar-refractivity contribution in [2.24, 2.45) is 0 Å². The number of furan rings is 2. The average molecular weight is 718 g/mol. The van der Waals surface area contributed by atoms with Crippen molar-refractivity contribution in [1.29, 1.82) is 0 Å². The molecule has 56 heavy (non-hydrogen) atoms. The van der Waals surface area contributed by atoms with Crippen LogP contribution < -0.4 is 4.90 Å². The zero-order valence-electron chi connectivity index (χ0n) is 31.0. The van der Waals surface area contributed by atoms with Crippen molar-refractivity contribution < 1.29 is 8.83 Å². The van der Waals surface area contributed by atoms with Crippen LogP contribution in [0.15, 0.2) is 185 Å². The fourth-order valence-corrected chi connectivity index (χ4v) is 9.55. The van der Waals surface area contributed by atoms with E-state index in [1.54, 1.807) is 0 Å². The molecule has 264 valence electrons. The smallest absolute Gasteiger partial charge is 0.143 e. The molecule has 1 aliphatic carbocycles. The van der Waals surface area contributed by atoms with E-state index >= 15 is 0 Å². The Bertz CT molecular complexity index is 3420. The number of hydrogen-bond donors (Lipinski definition) is 0. The second kappa shape index (κ2) is 11.5. The molecule has 2 heterocycles. The number of benzene rings is 9. The summed E-state index contributed by atoms with van der Waals surface area (Å²) in [4.78, 5) is 2.45. The van der Waals surface area contributed by atoms with Gasteiger partial charge in [0.15, 0.2) is 0 Å². The molecule has 11 aromatic rings. The van der Waals surface area contributed by atoms with Gasteiger partial charge in [-0.3, -0.25) is 0 Å². The van der Waals surface area contributed by atoms with Gasteiger partial charge in [-0.2, -0.15) is 0 Å². The van der Waals surface area contributed by atoms with Gasteiger partial charge in [0, 0.05) is 43.6 Å². The van der Waals surface area contributed by atoms with E-state index in [1.165, 1.54) is 33.0 Å². The summed E-state index contributed by atoms with van der Waals surface area (Å²) in [6.45, 7) is 4.70. The molecule has 3 heteroatoms. The highest BCUT2D eigenvalue weighted by molar-refractivity contribution is 6.20. The van der Waals surface area contributed by atoms with Crippen LogP contribution in [0, 0.1) is 0 Å². The van der Waals surface area contributed by atoms with Gasteiger partial charge in [0.2, 0.25) is 0 Å². The Morgan fingerprint density at radius 2 is 1.05 bits per heavy atom. The summed E-state index contributed by atoms with van der Waals surface area (Å²) in [5, 5.41) is 9.01. The van der Waals surface area contributed by atoms with E-state index in [9.17, 15) is 0 Å². The van der Waals surface area contributed by atoms with Crippen LogP contribution in [0.25, 0.3) is 87.7 Å². The highest BCUT2D eigenvalue weighted by Crippen LogP contribution is 2.52. The second-order valence-electron chi connectivity index (χ2n) is 15.6. The van der Waals surface area contributed by atoms with Crippen LogP contribution in [0.4, 0.5) is 17.1 Å². The predicted octanol–water partition coefficient (Wildman–Crippen LogP) is 15.2. The third-order valence-electron chi connectivity index (χ3n) is 12.2. The molecule has 0 amide bonds. The molecule has 0 saturated heterocycles. The van der Waals surface area contributed by atoms with E-state index in [2.05, 4.69) is 195 Å². The third-order valence-corrected chi connectivity index (χ3v) is 12.2. The van der Waals surface area contributed by atoms with Crippen LogP contribution in [0.5, 0.6) is 0 Å². The van der Waals surface area contributed by atoms with Crippen molar-refractivity contribution in [1.82, 2.24) is 0 Å². The summed E-state index contributed by atoms with van der Waals surface area (Å²) >= 11 is 0. The monoisotopic (exact) mass is 717 g/mol. The van der Waals surface area contributed by atoms with Crippen molar-refractivity contribution in [2.45, 2.75) is 19.3 Å². The fourth-order valence-electron chi connectivity index (χ4n) is 9.55. The lowest BCUT2D eigenvalue weighted by molar-refractivity contribution is 0.660. The van der Waals surface area contributed by atoms with Crippen molar-refractivity contribution in [3.8, 4) is 22.3 Å². The number of fused-ring (bicyclic) bond motifs is 13. The van der Waals surface area contributed by atoms with Gasteiger partial charge in [0.1, 0.15) is 22.3 Å². The fraction of sp³-hybridized carbons (Fsp3) is 0.0566. The largest absolute Gasteiger partial charge is 0.455 e. The van der Waals surface area contributed by atoms with Gasteiger partial charge in [-0.15, -0.1) is 0 Å². The van der Waals surface area contributed by atoms with Crippen LogP contribution in [-0.4, -0.2) is 0 Å². The van der Waals surface area contributed by atoms with Gasteiger partial charge in [0.05, 0.1) is 16.8 Å². The molecule has 0 bridgehead atoms. The highest BCUT2D eigenvalue weighted by atomic mass is 16.3. The van der Waals surface area contributed by atoms with E-state index in [4.69, 9.17) is 8.83 Å². The van der Waals surface area contributed by atoms with Crippen molar-refractivity contribution in [3.63, 3.8) is 0 Å². The molecule has 9 aromatic carbocycles. The Morgan fingerprint density at radius 3 is 1.88 bits per heavy atom. The van der Waals surface area contributed by atoms with Crippen LogP contribution in [-0.2, 0) is 5.41 Å². The van der Waals surface area contributed by atoms with Crippen molar-refractivity contribution in [3.05, 3.63) is 187 Å².